The zero-order valence-electron chi connectivity index (χ0n) is 9.89. The average Bonchev–Trinajstić information content (AvgIpc) is 2.37. The van der Waals surface area contributed by atoms with Crippen molar-refractivity contribution >= 4 is 5.97 Å². The van der Waals surface area contributed by atoms with Gasteiger partial charge in [0.25, 0.3) is 0 Å². The molecule has 0 spiro atoms. The summed E-state index contributed by atoms with van der Waals surface area (Å²) in [5.41, 5.74) is 1.05. The van der Waals surface area contributed by atoms with Gasteiger partial charge in [-0.2, -0.15) is 0 Å². The van der Waals surface area contributed by atoms with Crippen molar-refractivity contribution in [2.45, 2.75) is 25.6 Å². The molecule has 3 heteroatoms. The first kappa shape index (κ1) is 13.3. The van der Waals surface area contributed by atoms with Crippen LogP contribution in [-0.2, 0) is 20.9 Å². The van der Waals surface area contributed by atoms with Crippen LogP contribution < -0.4 is 0 Å². The second kappa shape index (κ2) is 7.48. The molecule has 0 N–H and O–H groups in total. The largest absolute Gasteiger partial charge is 0.469 e. The van der Waals surface area contributed by atoms with E-state index in [4.69, 9.17) is 11.2 Å². The third kappa shape index (κ3) is 5.19. The Balaban J connectivity index is 2.45. The number of carbonyl (C=O) groups is 1. The summed E-state index contributed by atoms with van der Waals surface area (Å²) in [7, 11) is 1.35. The zero-order chi connectivity index (χ0) is 12.5. The summed E-state index contributed by atoms with van der Waals surface area (Å²) in [6.07, 6.45) is 5.54. The fourth-order valence-corrected chi connectivity index (χ4v) is 1.38. The van der Waals surface area contributed by atoms with E-state index in [0.717, 1.165) is 5.56 Å². The summed E-state index contributed by atoms with van der Waals surface area (Å²) in [5, 5.41) is 0. The van der Waals surface area contributed by atoms with Gasteiger partial charge in [0.1, 0.15) is 0 Å². The lowest BCUT2D eigenvalue weighted by Gasteiger charge is -2.14. The highest BCUT2D eigenvalue weighted by molar-refractivity contribution is 5.69. The van der Waals surface area contributed by atoms with E-state index in [1.165, 1.54) is 7.11 Å². The van der Waals surface area contributed by atoms with Gasteiger partial charge in [-0.3, -0.25) is 4.79 Å². The summed E-state index contributed by atoms with van der Waals surface area (Å²) in [4.78, 5) is 11.1. The maximum atomic E-state index is 11.1. The summed E-state index contributed by atoms with van der Waals surface area (Å²) in [6.45, 7) is 0.449. The van der Waals surface area contributed by atoms with Crippen LogP contribution in [0.25, 0.3) is 0 Å². The summed E-state index contributed by atoms with van der Waals surface area (Å²) < 4.78 is 10.2. The predicted molar refractivity (Wildman–Crippen MR) is 65.1 cm³/mol. The molecule has 1 aromatic rings. The summed E-state index contributed by atoms with van der Waals surface area (Å²) in [5.74, 6) is 2.19. The number of benzene rings is 1. The van der Waals surface area contributed by atoms with Crippen molar-refractivity contribution in [3.63, 3.8) is 0 Å². The Morgan fingerprint density at radius 3 is 2.71 bits per heavy atom. The first-order chi connectivity index (χ1) is 8.26. The third-order valence-electron chi connectivity index (χ3n) is 2.30. The minimum atomic E-state index is -0.307. The SMILES string of the molecule is C#CC[C@@H](CC(=O)OC)OCc1ccccc1. The molecule has 0 aromatic heterocycles. The molecule has 17 heavy (non-hydrogen) atoms. The lowest BCUT2D eigenvalue weighted by molar-refractivity contribution is -0.144. The summed E-state index contributed by atoms with van der Waals surface area (Å²) >= 11 is 0. The van der Waals surface area contributed by atoms with E-state index in [2.05, 4.69) is 10.7 Å². The van der Waals surface area contributed by atoms with E-state index < -0.39 is 0 Å². The standard InChI is InChI=1S/C14H16O3/c1-3-7-13(10-14(15)16-2)17-11-12-8-5-4-6-9-12/h1,4-6,8-9,13H,7,10-11H2,2H3/t13-/m0/s1. The van der Waals surface area contributed by atoms with Crippen molar-refractivity contribution in [1.82, 2.24) is 0 Å². The maximum Gasteiger partial charge on any atom is 0.308 e. The molecule has 0 saturated heterocycles. The highest BCUT2D eigenvalue weighted by Gasteiger charge is 2.13. The van der Waals surface area contributed by atoms with Crippen molar-refractivity contribution in [3.05, 3.63) is 35.9 Å². The molecule has 0 saturated carbocycles. The lowest BCUT2D eigenvalue weighted by Crippen LogP contribution is -2.18. The van der Waals surface area contributed by atoms with Gasteiger partial charge in [-0.05, 0) is 5.56 Å². The van der Waals surface area contributed by atoms with Gasteiger partial charge in [0.15, 0.2) is 0 Å². The van der Waals surface area contributed by atoms with Gasteiger partial charge in [0.2, 0.25) is 0 Å². The van der Waals surface area contributed by atoms with E-state index in [1.54, 1.807) is 0 Å². The van der Waals surface area contributed by atoms with Crippen molar-refractivity contribution in [2.24, 2.45) is 0 Å². The van der Waals surface area contributed by atoms with E-state index in [9.17, 15) is 4.79 Å². The van der Waals surface area contributed by atoms with Crippen LogP contribution in [-0.4, -0.2) is 19.2 Å². The van der Waals surface area contributed by atoms with Gasteiger partial charge in [-0.25, -0.2) is 0 Å². The molecular weight excluding hydrogens is 216 g/mol. The van der Waals surface area contributed by atoms with E-state index >= 15 is 0 Å². The first-order valence-electron chi connectivity index (χ1n) is 5.42. The minimum absolute atomic E-state index is 0.188. The highest BCUT2D eigenvalue weighted by Crippen LogP contribution is 2.09. The van der Waals surface area contributed by atoms with Gasteiger partial charge >= 0.3 is 5.97 Å². The van der Waals surface area contributed by atoms with E-state index in [-0.39, 0.29) is 18.5 Å². The normalized spacial score (nSPS) is 11.5. The van der Waals surface area contributed by atoms with Gasteiger partial charge in [-0.15, -0.1) is 12.3 Å². The van der Waals surface area contributed by atoms with Crippen molar-refractivity contribution in [1.29, 1.82) is 0 Å². The second-order valence-electron chi connectivity index (χ2n) is 3.61. The molecule has 0 aliphatic heterocycles. The van der Waals surface area contributed by atoms with Crippen LogP contribution >= 0.6 is 0 Å². The molecule has 0 amide bonds. The molecule has 0 bridgehead atoms. The number of esters is 1. The molecule has 0 aliphatic carbocycles. The molecular formula is C14H16O3. The van der Waals surface area contributed by atoms with Crippen LogP contribution in [0.4, 0.5) is 0 Å². The quantitative estimate of drug-likeness (QED) is 0.557. The van der Waals surface area contributed by atoms with Gasteiger partial charge in [0.05, 0.1) is 26.2 Å². The fraction of sp³-hybridized carbons (Fsp3) is 0.357. The molecule has 1 aromatic carbocycles. The molecule has 0 heterocycles. The van der Waals surface area contributed by atoms with Crippen LogP contribution in [0.3, 0.4) is 0 Å². The number of carbonyl (C=O) groups excluding carboxylic acids is 1. The number of rotatable bonds is 6. The van der Waals surface area contributed by atoms with Crippen molar-refractivity contribution in [3.8, 4) is 12.3 Å². The predicted octanol–water partition coefficient (Wildman–Crippen LogP) is 2.16. The monoisotopic (exact) mass is 232 g/mol. The molecule has 3 nitrogen and oxygen atoms in total. The number of hydrogen-bond donors (Lipinski definition) is 0. The molecule has 0 unspecified atom stereocenters. The van der Waals surface area contributed by atoms with Crippen LogP contribution in [0.15, 0.2) is 30.3 Å². The molecule has 1 atom stereocenters. The topological polar surface area (TPSA) is 35.5 Å². The van der Waals surface area contributed by atoms with Gasteiger partial charge < -0.3 is 9.47 Å². The van der Waals surface area contributed by atoms with Crippen LogP contribution in [0, 0.1) is 12.3 Å². The third-order valence-corrected chi connectivity index (χ3v) is 2.30. The smallest absolute Gasteiger partial charge is 0.308 e. The molecule has 1 rings (SSSR count). The lowest BCUT2D eigenvalue weighted by atomic mass is 10.2. The molecule has 0 fully saturated rings. The number of terminal acetylenes is 1. The summed E-state index contributed by atoms with van der Waals surface area (Å²) in [6, 6.07) is 9.75. The number of hydrogen-bond acceptors (Lipinski definition) is 3. The van der Waals surface area contributed by atoms with E-state index in [0.29, 0.717) is 13.0 Å². The fourth-order valence-electron chi connectivity index (χ4n) is 1.38. The molecule has 0 radical (unpaired) electrons. The van der Waals surface area contributed by atoms with Crippen LogP contribution in [0.5, 0.6) is 0 Å². The Hall–Kier alpha value is -1.79. The van der Waals surface area contributed by atoms with Crippen molar-refractivity contribution in [2.75, 3.05) is 7.11 Å². The second-order valence-corrected chi connectivity index (χ2v) is 3.61. The number of ether oxygens (including phenoxy) is 2. The van der Waals surface area contributed by atoms with E-state index in [1.807, 2.05) is 30.3 Å². The van der Waals surface area contributed by atoms with Gasteiger partial charge in [-0.1, -0.05) is 30.3 Å². The Morgan fingerprint density at radius 1 is 1.41 bits per heavy atom. The maximum absolute atomic E-state index is 11.1. The van der Waals surface area contributed by atoms with Crippen LogP contribution in [0.1, 0.15) is 18.4 Å². The average molecular weight is 232 g/mol. The Kier molecular flexibility index (Phi) is 5.84. The highest BCUT2D eigenvalue weighted by atomic mass is 16.5. The zero-order valence-corrected chi connectivity index (χ0v) is 9.89. The van der Waals surface area contributed by atoms with Gasteiger partial charge in [0, 0.05) is 6.42 Å². The van der Waals surface area contributed by atoms with Crippen molar-refractivity contribution < 1.29 is 14.3 Å². The molecule has 0 aliphatic rings. The molecule has 90 valence electrons. The minimum Gasteiger partial charge on any atom is -0.469 e. The van der Waals surface area contributed by atoms with Crippen LogP contribution in [0.2, 0.25) is 0 Å². The Labute approximate surface area is 102 Å². The number of methoxy groups -OCH3 is 1. The Morgan fingerprint density at radius 2 is 2.12 bits per heavy atom. The first-order valence-corrected chi connectivity index (χ1v) is 5.42. The Bertz CT molecular complexity index is 378.